The lowest BCUT2D eigenvalue weighted by atomic mass is 10.1. The van der Waals surface area contributed by atoms with Crippen LogP contribution in [0.2, 0.25) is 0 Å². The highest BCUT2D eigenvalue weighted by molar-refractivity contribution is 5.97. The minimum atomic E-state index is -2.72. The summed E-state index contributed by atoms with van der Waals surface area (Å²) in [6.07, 6.45) is 1.98. The van der Waals surface area contributed by atoms with Crippen LogP contribution in [0.25, 0.3) is 0 Å². The van der Waals surface area contributed by atoms with Crippen LogP contribution in [-0.4, -0.2) is 22.3 Å². The minimum Gasteiger partial charge on any atom is -0.404 e. The molecule has 4 N–H and O–H groups in total. The fourth-order valence-electron chi connectivity index (χ4n) is 2.58. The van der Waals surface area contributed by atoms with Gasteiger partial charge in [-0.25, -0.2) is 8.78 Å². The molecule has 2 aromatic rings. The van der Waals surface area contributed by atoms with E-state index in [-0.39, 0.29) is 29.1 Å². The molecule has 1 saturated carbocycles. The van der Waals surface area contributed by atoms with Crippen molar-refractivity contribution in [3.63, 3.8) is 0 Å². The summed E-state index contributed by atoms with van der Waals surface area (Å²) in [6, 6.07) is 7.28. The number of carbonyl (C=O) groups is 1. The van der Waals surface area contributed by atoms with Crippen molar-refractivity contribution >= 4 is 23.6 Å². The molecule has 1 aliphatic rings. The Hall–Kier alpha value is -3.54. The second kappa shape index (κ2) is 8.43. The maximum Gasteiger partial charge on any atom is 0.263 e. The number of hydrogen-bond donors (Lipinski definition) is 3. The zero-order valence-corrected chi connectivity index (χ0v) is 14.8. The molecule has 3 rings (SSSR count). The Bertz CT molecular complexity index is 969. The van der Waals surface area contributed by atoms with Gasteiger partial charge in [-0.1, -0.05) is 0 Å². The first kappa shape index (κ1) is 19.2. The molecule has 144 valence electrons. The molecule has 1 heterocycles. The second-order valence-electron chi connectivity index (χ2n) is 6.43. The number of nitrogens with zero attached hydrogens (tertiary/aromatic N) is 3. The number of halogens is 2. The molecule has 1 amide bonds. The summed E-state index contributed by atoms with van der Waals surface area (Å²) < 4.78 is 25.8. The molecule has 7 nitrogen and oxygen atoms in total. The fraction of sp³-hybridized carbons (Fsp3) is 0.263. The molecule has 0 bridgehead atoms. The topological polar surface area (TPSA) is 120 Å². The molecule has 0 saturated heterocycles. The Balaban J connectivity index is 1.64. The van der Waals surface area contributed by atoms with Gasteiger partial charge in [-0.05, 0) is 42.8 Å². The molecule has 0 spiro atoms. The summed E-state index contributed by atoms with van der Waals surface area (Å²) in [5.41, 5.74) is 6.87. The monoisotopic (exact) mass is 384 g/mol. The molecule has 0 radical (unpaired) electrons. The van der Waals surface area contributed by atoms with E-state index in [0.29, 0.717) is 17.3 Å². The number of aromatic amines is 1. The first-order chi connectivity index (χ1) is 13.5. The van der Waals surface area contributed by atoms with Gasteiger partial charge < -0.3 is 11.1 Å². The van der Waals surface area contributed by atoms with Gasteiger partial charge in [0, 0.05) is 29.5 Å². The van der Waals surface area contributed by atoms with Gasteiger partial charge in [-0.3, -0.25) is 14.9 Å². The molecular formula is C19H18F2N6O. The standard InChI is InChI=1S/C19H18F2N6O/c20-19(21)14-3-11(8-22)4-15(6-14)24-10-12(9-23)5-18(28)25-17-7-16(26-27-17)13-1-2-13/h3-4,6-7,9-10,13,19H,1-2,5,23H2,(H2,25,26,27,28)/b12-9-,24-10?. The summed E-state index contributed by atoms with van der Waals surface area (Å²) in [5, 5.41) is 18.6. The third kappa shape index (κ3) is 5.01. The normalized spacial score (nSPS) is 14.4. The molecule has 1 aliphatic carbocycles. The number of alkyl halides is 2. The van der Waals surface area contributed by atoms with E-state index in [9.17, 15) is 13.6 Å². The van der Waals surface area contributed by atoms with Crippen molar-refractivity contribution in [1.82, 2.24) is 10.2 Å². The zero-order valence-electron chi connectivity index (χ0n) is 14.8. The quantitative estimate of drug-likeness (QED) is 0.631. The number of carbonyl (C=O) groups excluding carboxylic acids is 1. The number of nitriles is 1. The number of amides is 1. The van der Waals surface area contributed by atoms with Gasteiger partial charge in [0.2, 0.25) is 5.91 Å². The maximum absolute atomic E-state index is 12.9. The summed E-state index contributed by atoms with van der Waals surface area (Å²) in [7, 11) is 0. The SMILES string of the molecule is N#Cc1cc(N=C/C(=C\N)CC(=O)Nc2cc(C3CC3)[nH]n2)cc(C(F)F)c1. The predicted molar refractivity (Wildman–Crippen MR) is 100 cm³/mol. The third-order valence-corrected chi connectivity index (χ3v) is 4.16. The fourth-order valence-corrected chi connectivity index (χ4v) is 2.58. The Morgan fingerprint density at radius 3 is 2.86 bits per heavy atom. The van der Waals surface area contributed by atoms with Crippen LogP contribution in [0.4, 0.5) is 20.3 Å². The van der Waals surface area contributed by atoms with E-state index >= 15 is 0 Å². The van der Waals surface area contributed by atoms with Crippen molar-refractivity contribution in [3.8, 4) is 6.07 Å². The first-order valence-corrected chi connectivity index (χ1v) is 8.61. The summed E-state index contributed by atoms with van der Waals surface area (Å²) >= 11 is 0. The van der Waals surface area contributed by atoms with Crippen molar-refractivity contribution in [3.05, 3.63) is 52.9 Å². The second-order valence-corrected chi connectivity index (χ2v) is 6.43. The van der Waals surface area contributed by atoms with E-state index in [1.54, 1.807) is 6.07 Å². The number of aromatic nitrogens is 2. The number of benzene rings is 1. The average Bonchev–Trinajstić information content (AvgIpc) is 3.44. The van der Waals surface area contributed by atoms with Crippen LogP contribution >= 0.6 is 0 Å². The third-order valence-electron chi connectivity index (χ3n) is 4.16. The summed E-state index contributed by atoms with van der Waals surface area (Å²) in [6.45, 7) is 0. The highest BCUT2D eigenvalue weighted by atomic mass is 19.3. The highest BCUT2D eigenvalue weighted by Crippen LogP contribution is 2.39. The van der Waals surface area contributed by atoms with Crippen LogP contribution in [0.3, 0.4) is 0 Å². The highest BCUT2D eigenvalue weighted by Gasteiger charge is 2.25. The van der Waals surface area contributed by atoms with Crippen LogP contribution in [0.5, 0.6) is 0 Å². The molecule has 0 unspecified atom stereocenters. The lowest BCUT2D eigenvalue weighted by Crippen LogP contribution is -2.13. The van der Waals surface area contributed by atoms with Crippen LogP contribution in [0.15, 0.2) is 41.0 Å². The van der Waals surface area contributed by atoms with Crippen molar-refractivity contribution in [1.29, 1.82) is 5.26 Å². The lowest BCUT2D eigenvalue weighted by Gasteiger charge is -2.04. The molecule has 1 fully saturated rings. The van der Waals surface area contributed by atoms with Crippen molar-refractivity contribution in [2.45, 2.75) is 31.6 Å². The van der Waals surface area contributed by atoms with E-state index in [2.05, 4.69) is 20.5 Å². The largest absolute Gasteiger partial charge is 0.404 e. The summed E-state index contributed by atoms with van der Waals surface area (Å²) in [5.74, 6) is 0.589. The van der Waals surface area contributed by atoms with E-state index in [1.165, 1.54) is 24.5 Å². The van der Waals surface area contributed by atoms with Gasteiger partial charge in [0.25, 0.3) is 6.43 Å². The Morgan fingerprint density at radius 2 is 2.21 bits per heavy atom. The minimum absolute atomic E-state index is 0.0642. The van der Waals surface area contributed by atoms with Crippen LogP contribution < -0.4 is 11.1 Å². The van der Waals surface area contributed by atoms with Gasteiger partial charge >= 0.3 is 0 Å². The molecular weight excluding hydrogens is 366 g/mol. The van der Waals surface area contributed by atoms with Gasteiger partial charge in [-0.2, -0.15) is 10.4 Å². The van der Waals surface area contributed by atoms with Gasteiger partial charge in [-0.15, -0.1) is 0 Å². The Kier molecular flexibility index (Phi) is 5.79. The van der Waals surface area contributed by atoms with Crippen molar-refractivity contribution in [2.75, 3.05) is 5.32 Å². The number of nitrogens with one attached hydrogen (secondary N) is 2. The molecule has 9 heteroatoms. The number of hydrogen-bond acceptors (Lipinski definition) is 5. The first-order valence-electron chi connectivity index (χ1n) is 8.61. The maximum atomic E-state index is 12.9. The van der Waals surface area contributed by atoms with E-state index < -0.39 is 6.43 Å². The molecule has 1 aromatic heterocycles. The lowest BCUT2D eigenvalue weighted by molar-refractivity contribution is -0.115. The van der Waals surface area contributed by atoms with E-state index in [1.807, 2.05) is 6.07 Å². The van der Waals surface area contributed by atoms with Crippen LogP contribution in [0, 0.1) is 11.3 Å². The average molecular weight is 384 g/mol. The number of rotatable bonds is 7. The van der Waals surface area contributed by atoms with Crippen LogP contribution in [-0.2, 0) is 4.79 Å². The summed E-state index contributed by atoms with van der Waals surface area (Å²) in [4.78, 5) is 16.2. The molecule has 28 heavy (non-hydrogen) atoms. The van der Waals surface area contributed by atoms with Crippen molar-refractivity contribution < 1.29 is 13.6 Å². The molecule has 1 aromatic carbocycles. The number of aliphatic imine (C=N–C) groups is 1. The number of H-pyrrole nitrogens is 1. The molecule has 0 atom stereocenters. The van der Waals surface area contributed by atoms with Crippen molar-refractivity contribution in [2.24, 2.45) is 10.7 Å². The van der Waals surface area contributed by atoms with Gasteiger partial charge in [0.05, 0.1) is 23.7 Å². The Labute approximate surface area is 160 Å². The Morgan fingerprint density at radius 1 is 1.43 bits per heavy atom. The van der Waals surface area contributed by atoms with E-state index in [4.69, 9.17) is 11.0 Å². The number of nitrogens with two attached hydrogens (primary N) is 1. The van der Waals surface area contributed by atoms with Gasteiger partial charge in [0.15, 0.2) is 5.82 Å². The predicted octanol–water partition coefficient (Wildman–Crippen LogP) is 3.67. The number of anilines is 1. The molecule has 0 aliphatic heterocycles. The van der Waals surface area contributed by atoms with Gasteiger partial charge in [0.1, 0.15) is 0 Å². The van der Waals surface area contributed by atoms with E-state index in [0.717, 1.165) is 24.6 Å². The van der Waals surface area contributed by atoms with Crippen LogP contribution in [0.1, 0.15) is 48.4 Å². The zero-order chi connectivity index (χ0) is 20.1. The smallest absolute Gasteiger partial charge is 0.263 e.